The van der Waals surface area contributed by atoms with E-state index in [-0.39, 0.29) is 11.7 Å². The predicted octanol–water partition coefficient (Wildman–Crippen LogP) is 4.85. The second-order valence-electron chi connectivity index (χ2n) is 6.92. The van der Waals surface area contributed by atoms with Gasteiger partial charge in [0.2, 0.25) is 5.91 Å². The van der Waals surface area contributed by atoms with Crippen molar-refractivity contribution in [2.45, 2.75) is 39.5 Å². The van der Waals surface area contributed by atoms with Crippen molar-refractivity contribution < 1.29 is 9.18 Å². The summed E-state index contributed by atoms with van der Waals surface area (Å²) in [5, 5.41) is 0. The SMILES string of the molecule is CCCN(CC)C(=O)CC/C(=C\C(=NC)c1ccncc1)Cc1ccc(F)cc1. The molecule has 29 heavy (non-hydrogen) atoms. The lowest BCUT2D eigenvalue weighted by atomic mass is 9.97. The van der Waals surface area contributed by atoms with Crippen molar-refractivity contribution in [3.8, 4) is 0 Å². The molecule has 4 nitrogen and oxygen atoms in total. The van der Waals surface area contributed by atoms with Crippen molar-refractivity contribution in [1.82, 2.24) is 9.88 Å². The van der Waals surface area contributed by atoms with Crippen molar-refractivity contribution >= 4 is 11.6 Å². The lowest BCUT2D eigenvalue weighted by Crippen LogP contribution is -2.31. The van der Waals surface area contributed by atoms with E-state index in [2.05, 4.69) is 16.9 Å². The van der Waals surface area contributed by atoms with Gasteiger partial charge in [0.05, 0.1) is 5.71 Å². The lowest BCUT2D eigenvalue weighted by Gasteiger charge is -2.20. The van der Waals surface area contributed by atoms with Crippen LogP contribution < -0.4 is 0 Å². The minimum absolute atomic E-state index is 0.165. The third-order valence-corrected chi connectivity index (χ3v) is 4.79. The maximum atomic E-state index is 13.3. The zero-order chi connectivity index (χ0) is 21.1. The van der Waals surface area contributed by atoms with Crippen LogP contribution in [0.15, 0.2) is 65.4 Å². The molecule has 0 radical (unpaired) electrons. The fourth-order valence-corrected chi connectivity index (χ4v) is 3.22. The molecule has 0 bridgehead atoms. The van der Waals surface area contributed by atoms with E-state index in [0.29, 0.717) is 19.3 Å². The number of halogens is 1. The average Bonchev–Trinajstić information content (AvgIpc) is 2.75. The van der Waals surface area contributed by atoms with E-state index in [1.165, 1.54) is 12.1 Å². The number of allylic oxidation sites excluding steroid dienone is 2. The molecule has 1 aromatic heterocycles. The molecule has 0 aliphatic rings. The van der Waals surface area contributed by atoms with Crippen LogP contribution in [0, 0.1) is 5.82 Å². The Kier molecular flexibility index (Phi) is 9.22. The minimum Gasteiger partial charge on any atom is -0.343 e. The van der Waals surface area contributed by atoms with E-state index in [1.807, 2.05) is 30.0 Å². The first kappa shape index (κ1) is 22.5. The highest BCUT2D eigenvalue weighted by molar-refractivity contribution is 6.09. The van der Waals surface area contributed by atoms with Gasteiger partial charge in [-0.1, -0.05) is 24.6 Å². The summed E-state index contributed by atoms with van der Waals surface area (Å²) in [7, 11) is 1.76. The summed E-state index contributed by atoms with van der Waals surface area (Å²) in [5.74, 6) is -0.0848. The summed E-state index contributed by atoms with van der Waals surface area (Å²) in [5.41, 5.74) is 3.93. The Morgan fingerprint density at radius 3 is 2.38 bits per heavy atom. The van der Waals surface area contributed by atoms with Crippen LogP contribution in [-0.2, 0) is 11.2 Å². The maximum Gasteiger partial charge on any atom is 0.222 e. The molecule has 0 saturated heterocycles. The standard InChI is InChI=1S/C24H30FN3O/c1-4-16-28(5-2)24(29)11-8-20(17-19-6-9-22(25)10-7-19)18-23(26-3)21-12-14-27-15-13-21/h6-7,9-10,12-15,18H,4-5,8,11,16-17H2,1-3H3/b20-18+,26-23?. The number of hydrogen-bond acceptors (Lipinski definition) is 3. The second-order valence-corrected chi connectivity index (χ2v) is 6.92. The topological polar surface area (TPSA) is 45.6 Å². The van der Waals surface area contributed by atoms with E-state index in [0.717, 1.165) is 41.9 Å². The molecule has 0 saturated carbocycles. The van der Waals surface area contributed by atoms with Crippen molar-refractivity contribution in [1.29, 1.82) is 0 Å². The Labute approximate surface area is 173 Å². The van der Waals surface area contributed by atoms with Gasteiger partial charge in [0.1, 0.15) is 5.82 Å². The molecule has 0 fully saturated rings. The molecule has 5 heteroatoms. The number of carbonyl (C=O) groups is 1. The van der Waals surface area contributed by atoms with Crippen LogP contribution in [0.2, 0.25) is 0 Å². The second kappa shape index (κ2) is 11.9. The summed E-state index contributed by atoms with van der Waals surface area (Å²) in [6.07, 6.45) is 8.21. The van der Waals surface area contributed by atoms with Crippen LogP contribution in [0.25, 0.3) is 0 Å². The number of rotatable bonds is 10. The fraction of sp³-hybridized carbons (Fsp3) is 0.375. The summed E-state index contributed by atoms with van der Waals surface area (Å²) in [4.78, 5) is 23.0. The van der Waals surface area contributed by atoms with Crippen molar-refractivity contribution in [2.24, 2.45) is 4.99 Å². The van der Waals surface area contributed by atoms with Gasteiger partial charge < -0.3 is 4.90 Å². The summed E-state index contributed by atoms with van der Waals surface area (Å²) in [6, 6.07) is 10.3. The summed E-state index contributed by atoms with van der Waals surface area (Å²) < 4.78 is 13.3. The molecule has 1 aromatic carbocycles. The normalized spacial score (nSPS) is 12.1. The number of carbonyl (C=O) groups excluding carboxylic acids is 1. The molecule has 1 amide bonds. The first-order valence-corrected chi connectivity index (χ1v) is 10.2. The van der Waals surface area contributed by atoms with Gasteiger partial charge in [-0.2, -0.15) is 0 Å². The zero-order valence-electron chi connectivity index (χ0n) is 17.6. The van der Waals surface area contributed by atoms with Gasteiger partial charge >= 0.3 is 0 Å². The van der Waals surface area contributed by atoms with Gasteiger partial charge in [-0.05, 0) is 62.1 Å². The molecule has 2 aromatic rings. The van der Waals surface area contributed by atoms with Gasteiger partial charge in [0, 0.05) is 44.5 Å². The van der Waals surface area contributed by atoms with E-state index in [1.54, 1.807) is 31.6 Å². The molecule has 154 valence electrons. The van der Waals surface area contributed by atoms with Crippen LogP contribution in [-0.4, -0.2) is 41.6 Å². The Balaban J connectivity index is 2.22. The van der Waals surface area contributed by atoms with Crippen LogP contribution in [0.1, 0.15) is 44.2 Å². The van der Waals surface area contributed by atoms with E-state index < -0.39 is 0 Å². The van der Waals surface area contributed by atoms with Crippen LogP contribution in [0.5, 0.6) is 0 Å². The summed E-state index contributed by atoms with van der Waals surface area (Å²) >= 11 is 0. The lowest BCUT2D eigenvalue weighted by molar-refractivity contribution is -0.131. The molecule has 2 rings (SSSR count). The summed E-state index contributed by atoms with van der Waals surface area (Å²) in [6.45, 7) is 5.59. The molecule has 1 heterocycles. The molecule has 0 unspecified atom stereocenters. The smallest absolute Gasteiger partial charge is 0.222 e. The van der Waals surface area contributed by atoms with Crippen molar-refractivity contribution in [3.05, 3.63) is 77.4 Å². The Bertz CT molecular complexity index is 829. The highest BCUT2D eigenvalue weighted by atomic mass is 19.1. The fourth-order valence-electron chi connectivity index (χ4n) is 3.22. The van der Waals surface area contributed by atoms with Crippen LogP contribution >= 0.6 is 0 Å². The number of pyridine rings is 1. The molecule has 0 N–H and O–H groups in total. The Morgan fingerprint density at radius 1 is 1.10 bits per heavy atom. The largest absolute Gasteiger partial charge is 0.343 e. The number of nitrogens with zero attached hydrogens (tertiary/aromatic N) is 3. The molecule has 0 aliphatic heterocycles. The van der Waals surface area contributed by atoms with Gasteiger partial charge in [-0.15, -0.1) is 0 Å². The number of aliphatic imine (C=N–C) groups is 1. The Hall–Kier alpha value is -2.82. The van der Waals surface area contributed by atoms with Gasteiger partial charge in [0.15, 0.2) is 0 Å². The zero-order valence-corrected chi connectivity index (χ0v) is 17.6. The van der Waals surface area contributed by atoms with Crippen molar-refractivity contribution in [2.75, 3.05) is 20.1 Å². The number of amides is 1. The highest BCUT2D eigenvalue weighted by Gasteiger charge is 2.13. The van der Waals surface area contributed by atoms with E-state index in [4.69, 9.17) is 0 Å². The van der Waals surface area contributed by atoms with Crippen molar-refractivity contribution in [3.63, 3.8) is 0 Å². The van der Waals surface area contributed by atoms with E-state index >= 15 is 0 Å². The molecular weight excluding hydrogens is 365 g/mol. The first-order valence-electron chi connectivity index (χ1n) is 10.2. The predicted molar refractivity (Wildman–Crippen MR) is 117 cm³/mol. The molecule has 0 atom stereocenters. The maximum absolute atomic E-state index is 13.3. The molecular formula is C24H30FN3O. The Morgan fingerprint density at radius 2 is 1.79 bits per heavy atom. The van der Waals surface area contributed by atoms with Gasteiger partial charge in [0.25, 0.3) is 0 Å². The average molecular weight is 396 g/mol. The number of hydrogen-bond donors (Lipinski definition) is 0. The number of benzene rings is 1. The molecule has 0 spiro atoms. The molecule has 0 aliphatic carbocycles. The third-order valence-electron chi connectivity index (χ3n) is 4.79. The first-order chi connectivity index (χ1) is 14.1. The van der Waals surface area contributed by atoms with Gasteiger partial charge in [-0.3, -0.25) is 14.8 Å². The third kappa shape index (κ3) is 7.26. The van der Waals surface area contributed by atoms with Gasteiger partial charge in [-0.25, -0.2) is 4.39 Å². The quantitative estimate of drug-likeness (QED) is 0.540. The van der Waals surface area contributed by atoms with Crippen LogP contribution in [0.4, 0.5) is 4.39 Å². The highest BCUT2D eigenvalue weighted by Crippen LogP contribution is 2.17. The van der Waals surface area contributed by atoms with E-state index in [9.17, 15) is 9.18 Å². The minimum atomic E-state index is -0.250. The van der Waals surface area contributed by atoms with Crippen LogP contribution in [0.3, 0.4) is 0 Å². The number of aromatic nitrogens is 1. The monoisotopic (exact) mass is 395 g/mol.